The number of nitrogens with two attached hydrogens (primary N) is 1. The molecular formula is C32H45N3O6. The van der Waals surface area contributed by atoms with Gasteiger partial charge in [0, 0.05) is 17.7 Å². The van der Waals surface area contributed by atoms with Crippen LogP contribution in [-0.2, 0) is 19.1 Å². The van der Waals surface area contributed by atoms with Crippen LogP contribution in [0.15, 0.2) is 53.1 Å². The van der Waals surface area contributed by atoms with E-state index < -0.39 is 6.10 Å². The van der Waals surface area contributed by atoms with E-state index in [0.717, 1.165) is 42.4 Å². The van der Waals surface area contributed by atoms with Crippen molar-refractivity contribution in [3.05, 3.63) is 58.7 Å². The van der Waals surface area contributed by atoms with Crippen LogP contribution in [-0.4, -0.2) is 62.8 Å². The fourth-order valence-corrected chi connectivity index (χ4v) is 5.73. The molecule has 1 aromatic rings. The summed E-state index contributed by atoms with van der Waals surface area (Å²) < 4.78 is 24.0. The molecule has 0 saturated heterocycles. The number of nitrogens with zero attached hydrogens (tertiary/aromatic N) is 1. The highest BCUT2D eigenvalue weighted by Gasteiger charge is 2.49. The number of carbonyl (C=O) groups excluding carboxylic acids is 2. The lowest BCUT2D eigenvalue weighted by molar-refractivity contribution is -0.151. The molecule has 4 rings (SSSR count). The highest BCUT2D eigenvalue weighted by Crippen LogP contribution is 2.50. The Morgan fingerprint density at radius 1 is 1.15 bits per heavy atom. The molecule has 2 heterocycles. The van der Waals surface area contributed by atoms with Crippen molar-refractivity contribution in [3.8, 4) is 11.5 Å². The molecule has 0 saturated carbocycles. The normalized spacial score (nSPS) is 22.1. The Kier molecular flexibility index (Phi) is 9.68. The lowest BCUT2D eigenvalue weighted by Crippen LogP contribution is -2.56. The lowest BCUT2D eigenvalue weighted by atomic mass is 9.80. The van der Waals surface area contributed by atoms with Crippen LogP contribution in [0.25, 0.3) is 0 Å². The number of amides is 2. The van der Waals surface area contributed by atoms with Gasteiger partial charge in [0.15, 0.2) is 17.6 Å². The number of hydrogen-bond donors (Lipinski definition) is 2. The van der Waals surface area contributed by atoms with Crippen molar-refractivity contribution < 1.29 is 28.5 Å². The predicted molar refractivity (Wildman–Crippen MR) is 157 cm³/mol. The van der Waals surface area contributed by atoms with E-state index in [4.69, 9.17) is 24.7 Å². The van der Waals surface area contributed by atoms with Gasteiger partial charge in [0.1, 0.15) is 12.4 Å². The molecule has 9 nitrogen and oxygen atoms in total. The van der Waals surface area contributed by atoms with Gasteiger partial charge in [-0.2, -0.15) is 0 Å². The van der Waals surface area contributed by atoms with E-state index >= 15 is 0 Å². The smallest absolute Gasteiger partial charge is 0.269 e. The largest absolute Gasteiger partial charge is 0.498 e. The Labute approximate surface area is 243 Å². The highest BCUT2D eigenvalue weighted by atomic mass is 16.5. The molecule has 0 bridgehead atoms. The van der Waals surface area contributed by atoms with Crippen molar-refractivity contribution in [1.29, 1.82) is 0 Å². The summed E-state index contributed by atoms with van der Waals surface area (Å²) in [5.74, 6) is 0.994. The zero-order chi connectivity index (χ0) is 29.7. The van der Waals surface area contributed by atoms with Crippen molar-refractivity contribution in [2.45, 2.75) is 77.9 Å². The molecule has 3 N–H and O–H groups in total. The molecule has 0 spiro atoms. The van der Waals surface area contributed by atoms with Gasteiger partial charge in [-0.1, -0.05) is 51.8 Å². The van der Waals surface area contributed by atoms with Gasteiger partial charge >= 0.3 is 0 Å². The van der Waals surface area contributed by atoms with E-state index in [2.05, 4.69) is 32.2 Å². The van der Waals surface area contributed by atoms with Gasteiger partial charge in [-0.05, 0) is 43.4 Å². The van der Waals surface area contributed by atoms with Gasteiger partial charge < -0.3 is 30.0 Å². The minimum Gasteiger partial charge on any atom is -0.498 e. The molecule has 2 aliphatic heterocycles. The molecule has 3 atom stereocenters. The first-order valence-electron chi connectivity index (χ1n) is 14.5. The zero-order valence-electron chi connectivity index (χ0n) is 25.2. The summed E-state index contributed by atoms with van der Waals surface area (Å²) in [4.78, 5) is 29.0. The predicted octanol–water partition coefficient (Wildman–Crippen LogP) is 4.54. The van der Waals surface area contributed by atoms with Crippen LogP contribution in [0, 0.1) is 5.41 Å². The number of hydrogen-bond acceptors (Lipinski definition) is 7. The summed E-state index contributed by atoms with van der Waals surface area (Å²) in [7, 11) is 3.22. The third kappa shape index (κ3) is 6.40. The molecule has 224 valence electrons. The van der Waals surface area contributed by atoms with Crippen molar-refractivity contribution in [2.24, 2.45) is 11.1 Å². The monoisotopic (exact) mass is 567 g/mol. The molecule has 0 unspecified atom stereocenters. The number of nitrogens with one attached hydrogen (secondary N) is 1. The highest BCUT2D eigenvalue weighted by molar-refractivity contribution is 5.91. The van der Waals surface area contributed by atoms with Gasteiger partial charge in [-0.25, -0.2) is 0 Å². The van der Waals surface area contributed by atoms with E-state index in [-0.39, 0.29) is 35.6 Å². The summed E-state index contributed by atoms with van der Waals surface area (Å²) >= 11 is 0. The van der Waals surface area contributed by atoms with Crippen LogP contribution >= 0.6 is 0 Å². The van der Waals surface area contributed by atoms with Crippen LogP contribution in [0.2, 0.25) is 0 Å². The topological polar surface area (TPSA) is 112 Å². The number of ether oxygens (including phenoxy) is 4. The Balaban J connectivity index is 1.73. The molecule has 2 amide bonds. The van der Waals surface area contributed by atoms with Gasteiger partial charge in [-0.15, -0.1) is 0 Å². The van der Waals surface area contributed by atoms with Crippen LogP contribution in [0.1, 0.15) is 71.3 Å². The van der Waals surface area contributed by atoms with E-state index in [9.17, 15) is 9.59 Å². The van der Waals surface area contributed by atoms with Crippen molar-refractivity contribution in [2.75, 3.05) is 33.9 Å². The minimum absolute atomic E-state index is 0.0731. The zero-order valence-corrected chi connectivity index (χ0v) is 25.2. The summed E-state index contributed by atoms with van der Waals surface area (Å²) in [5, 5.41) is 2.97. The second-order valence-corrected chi connectivity index (χ2v) is 11.9. The van der Waals surface area contributed by atoms with Crippen LogP contribution in [0.3, 0.4) is 0 Å². The Bertz CT molecular complexity index is 1230. The average molecular weight is 568 g/mol. The second kappa shape index (κ2) is 13.0. The maximum atomic E-state index is 14.2. The Morgan fingerprint density at radius 2 is 1.90 bits per heavy atom. The second-order valence-electron chi connectivity index (χ2n) is 11.9. The van der Waals surface area contributed by atoms with E-state index in [1.165, 1.54) is 0 Å². The first kappa shape index (κ1) is 30.5. The Hall–Kier alpha value is -3.46. The number of carbonyl (C=O) groups is 2. The van der Waals surface area contributed by atoms with E-state index in [0.29, 0.717) is 42.7 Å². The molecule has 9 heteroatoms. The van der Waals surface area contributed by atoms with Crippen molar-refractivity contribution in [3.63, 3.8) is 0 Å². The fraction of sp³-hybridized carbons (Fsp3) is 0.562. The molecule has 1 aliphatic carbocycles. The molecule has 0 fully saturated rings. The number of rotatable bonds is 11. The number of unbranched alkanes of at least 4 members (excludes halogenated alkanes) is 3. The summed E-state index contributed by atoms with van der Waals surface area (Å²) in [6, 6.07) is 5.46. The van der Waals surface area contributed by atoms with E-state index in [1.807, 2.05) is 30.0 Å². The van der Waals surface area contributed by atoms with Crippen LogP contribution in [0.4, 0.5) is 0 Å². The van der Waals surface area contributed by atoms with Gasteiger partial charge in [0.05, 0.1) is 44.6 Å². The van der Waals surface area contributed by atoms with Gasteiger partial charge in [0.2, 0.25) is 5.91 Å². The summed E-state index contributed by atoms with van der Waals surface area (Å²) in [6.07, 6.45) is 6.66. The number of benzene rings is 1. The summed E-state index contributed by atoms with van der Waals surface area (Å²) in [6.45, 7) is 9.85. The maximum Gasteiger partial charge on any atom is 0.269 e. The first-order chi connectivity index (χ1) is 19.6. The van der Waals surface area contributed by atoms with Crippen molar-refractivity contribution in [1.82, 2.24) is 10.2 Å². The third-order valence-corrected chi connectivity index (χ3v) is 7.99. The quantitative estimate of drug-likeness (QED) is 0.378. The maximum absolute atomic E-state index is 14.2. The van der Waals surface area contributed by atoms with Crippen molar-refractivity contribution >= 4 is 11.8 Å². The molecule has 0 aromatic heterocycles. The molecule has 41 heavy (non-hydrogen) atoms. The molecule has 3 aliphatic rings. The SMILES string of the molecule is COc1cccc([C@@H]2C=C(C)C3=COC[C@@H](C(C)(C)C)N4C(=O)[C@@H](CC(=O)NCCCCCCN)OC2=C34)c1OC. The minimum atomic E-state index is -0.971. The van der Waals surface area contributed by atoms with E-state index in [1.54, 1.807) is 20.5 Å². The van der Waals surface area contributed by atoms with Crippen LogP contribution < -0.4 is 20.5 Å². The molecule has 0 radical (unpaired) electrons. The number of allylic oxidation sites excluding steroid dienone is 2. The molecular weight excluding hydrogens is 522 g/mol. The Morgan fingerprint density at radius 3 is 2.59 bits per heavy atom. The van der Waals surface area contributed by atoms with Crippen LogP contribution in [0.5, 0.6) is 11.5 Å². The number of methoxy groups -OCH3 is 2. The summed E-state index contributed by atoms with van der Waals surface area (Å²) in [5.41, 5.74) is 8.57. The average Bonchev–Trinajstić information content (AvgIpc) is 3.16. The first-order valence-corrected chi connectivity index (χ1v) is 14.5. The fourth-order valence-electron chi connectivity index (χ4n) is 5.73. The number of para-hydroxylation sites is 1. The standard InChI is InChI=1S/C32H45N3O6/c1-20-16-22(21-12-11-13-24(38-5)29(21)39-6)30-28-23(20)18-40-19-26(32(2,3)4)35(28)31(37)25(41-30)17-27(36)34-15-10-8-7-9-14-33/h11-13,16,18,22,25-26H,7-10,14-15,17,19,33H2,1-6H3,(H,34,36)/t22-,25+,26-/m0/s1. The third-order valence-electron chi connectivity index (χ3n) is 7.99. The van der Waals surface area contributed by atoms with Gasteiger partial charge in [0.25, 0.3) is 5.91 Å². The lowest BCUT2D eigenvalue weighted by Gasteiger charge is -2.46. The van der Waals surface area contributed by atoms with Gasteiger partial charge in [-0.3, -0.25) is 14.5 Å². The molecule has 1 aromatic carbocycles.